The van der Waals surface area contributed by atoms with Crippen LogP contribution in [0.3, 0.4) is 0 Å². The van der Waals surface area contributed by atoms with E-state index in [1.807, 2.05) is 18.2 Å². The third-order valence-electron chi connectivity index (χ3n) is 5.54. The van der Waals surface area contributed by atoms with Crippen LogP contribution in [0.4, 0.5) is 0 Å². The Morgan fingerprint density at radius 2 is 1.75 bits per heavy atom. The van der Waals surface area contributed by atoms with Crippen molar-refractivity contribution in [3.63, 3.8) is 0 Å². The Labute approximate surface area is 179 Å². The van der Waals surface area contributed by atoms with Crippen LogP contribution in [0.2, 0.25) is 5.02 Å². The van der Waals surface area contributed by atoms with Crippen LogP contribution < -0.4 is 10.1 Å². The first-order chi connectivity index (χ1) is 13.1. The minimum atomic E-state index is -0.283. The van der Waals surface area contributed by atoms with Gasteiger partial charge in [0.2, 0.25) is 0 Å². The summed E-state index contributed by atoms with van der Waals surface area (Å²) in [5.74, 6) is 0.520. The molecule has 0 spiro atoms. The number of amides is 1. The second-order valence-corrected chi connectivity index (χ2v) is 9.63. The van der Waals surface area contributed by atoms with Crippen LogP contribution in [0.25, 0.3) is 0 Å². The molecule has 0 radical (unpaired) electrons. The van der Waals surface area contributed by atoms with Crippen LogP contribution in [0.15, 0.2) is 46.9 Å². The number of ether oxygens (including phenoxy) is 1. The van der Waals surface area contributed by atoms with Crippen molar-refractivity contribution in [3.8, 4) is 11.8 Å². The molecule has 2 aromatic carbocycles. The number of hydrogen-bond donors (Lipinski definition) is 1. The predicted molar refractivity (Wildman–Crippen MR) is 114 cm³/mol. The van der Waals surface area contributed by atoms with Crippen molar-refractivity contribution in [1.29, 1.82) is 5.26 Å². The Hall–Kier alpha value is -2.03. The molecule has 6 heteroatoms. The largest absolute Gasteiger partial charge is 0.489 e. The highest BCUT2D eigenvalue weighted by atomic mass is 79.9. The standard InChI is InChI=1S/C22H22BrClN2O2/c1-21(2)19(26-18(27)13-5-8-15(23)9-6-13)22(3,4)20(21)28-16-10-7-14(12-25)17(24)11-16/h5-11,19-20H,1-4H3,(H,26,27)/t19-,20-. The zero-order valence-electron chi connectivity index (χ0n) is 16.2. The number of nitrogens with zero attached hydrogens (tertiary/aromatic N) is 1. The van der Waals surface area contributed by atoms with E-state index in [2.05, 4.69) is 48.9 Å². The van der Waals surface area contributed by atoms with Crippen molar-refractivity contribution in [1.82, 2.24) is 5.32 Å². The molecule has 146 valence electrons. The molecule has 0 aromatic heterocycles. The molecule has 1 fully saturated rings. The van der Waals surface area contributed by atoms with Gasteiger partial charge in [0.05, 0.1) is 10.6 Å². The van der Waals surface area contributed by atoms with Crippen molar-refractivity contribution in [2.24, 2.45) is 10.8 Å². The van der Waals surface area contributed by atoms with Gasteiger partial charge >= 0.3 is 0 Å². The summed E-state index contributed by atoms with van der Waals surface area (Å²) in [5.41, 5.74) is 0.475. The Balaban J connectivity index is 1.76. The highest BCUT2D eigenvalue weighted by Gasteiger charge is 2.64. The van der Waals surface area contributed by atoms with Crippen molar-refractivity contribution < 1.29 is 9.53 Å². The quantitative estimate of drug-likeness (QED) is 0.646. The first-order valence-electron chi connectivity index (χ1n) is 9.00. The molecule has 1 saturated carbocycles. The molecule has 1 amide bonds. The molecule has 0 aliphatic heterocycles. The van der Waals surface area contributed by atoms with Crippen LogP contribution in [0.5, 0.6) is 5.75 Å². The highest BCUT2D eigenvalue weighted by molar-refractivity contribution is 9.10. The lowest BCUT2D eigenvalue weighted by Gasteiger charge is -2.63. The molecule has 2 aromatic rings. The lowest BCUT2D eigenvalue weighted by molar-refractivity contribution is -0.164. The summed E-state index contributed by atoms with van der Waals surface area (Å²) < 4.78 is 7.18. The molecule has 28 heavy (non-hydrogen) atoms. The van der Waals surface area contributed by atoms with Gasteiger partial charge in [-0.15, -0.1) is 0 Å². The van der Waals surface area contributed by atoms with E-state index in [0.29, 0.717) is 21.9 Å². The molecular weight excluding hydrogens is 440 g/mol. The fourth-order valence-electron chi connectivity index (χ4n) is 4.41. The summed E-state index contributed by atoms with van der Waals surface area (Å²) in [6.07, 6.45) is -0.126. The average molecular weight is 462 g/mol. The fraction of sp³-hybridized carbons (Fsp3) is 0.364. The van der Waals surface area contributed by atoms with Crippen molar-refractivity contribution in [2.45, 2.75) is 39.8 Å². The number of carbonyl (C=O) groups excluding carboxylic acids is 1. The molecule has 0 heterocycles. The first kappa shape index (κ1) is 20.7. The molecule has 0 saturated heterocycles. The molecule has 1 aliphatic carbocycles. The van der Waals surface area contributed by atoms with Gasteiger partial charge in [0.25, 0.3) is 5.91 Å². The van der Waals surface area contributed by atoms with Gasteiger partial charge in [-0.2, -0.15) is 5.26 Å². The predicted octanol–water partition coefficient (Wildman–Crippen LogP) is 5.59. The van der Waals surface area contributed by atoms with Gasteiger partial charge in [-0.25, -0.2) is 0 Å². The molecule has 0 bridgehead atoms. The Kier molecular flexibility index (Phi) is 5.49. The highest BCUT2D eigenvalue weighted by Crippen LogP contribution is 2.55. The summed E-state index contributed by atoms with van der Waals surface area (Å²) >= 11 is 9.51. The van der Waals surface area contributed by atoms with E-state index in [0.717, 1.165) is 4.47 Å². The van der Waals surface area contributed by atoms with Crippen molar-refractivity contribution in [3.05, 3.63) is 63.1 Å². The maximum Gasteiger partial charge on any atom is 0.251 e. The van der Waals surface area contributed by atoms with E-state index >= 15 is 0 Å². The van der Waals surface area contributed by atoms with E-state index in [1.165, 1.54) is 0 Å². The molecular formula is C22H22BrClN2O2. The number of nitriles is 1. The third-order valence-corrected chi connectivity index (χ3v) is 6.38. The van der Waals surface area contributed by atoms with Gasteiger partial charge in [-0.1, -0.05) is 55.2 Å². The van der Waals surface area contributed by atoms with Gasteiger partial charge in [0, 0.05) is 33.0 Å². The number of carbonyl (C=O) groups is 1. The lowest BCUT2D eigenvalue weighted by atomic mass is 9.49. The number of hydrogen-bond acceptors (Lipinski definition) is 3. The molecule has 1 aliphatic rings. The van der Waals surface area contributed by atoms with Crippen LogP contribution >= 0.6 is 27.5 Å². The summed E-state index contributed by atoms with van der Waals surface area (Å²) in [5, 5.41) is 12.6. The van der Waals surface area contributed by atoms with Crippen LogP contribution in [0, 0.1) is 22.2 Å². The minimum Gasteiger partial charge on any atom is -0.489 e. The second-order valence-electron chi connectivity index (χ2n) is 8.31. The third kappa shape index (κ3) is 3.64. The van der Waals surface area contributed by atoms with Gasteiger partial charge < -0.3 is 10.1 Å². The number of halogens is 2. The maximum absolute atomic E-state index is 12.7. The van der Waals surface area contributed by atoms with Crippen LogP contribution in [-0.2, 0) is 0 Å². The van der Waals surface area contributed by atoms with Gasteiger partial charge in [-0.3, -0.25) is 4.79 Å². The van der Waals surface area contributed by atoms with E-state index in [4.69, 9.17) is 21.6 Å². The molecule has 4 nitrogen and oxygen atoms in total. The maximum atomic E-state index is 12.7. The van der Waals surface area contributed by atoms with E-state index in [-0.39, 0.29) is 28.9 Å². The van der Waals surface area contributed by atoms with Gasteiger partial charge in [-0.05, 0) is 36.4 Å². The topological polar surface area (TPSA) is 62.1 Å². The Morgan fingerprint density at radius 3 is 2.29 bits per heavy atom. The van der Waals surface area contributed by atoms with Crippen molar-refractivity contribution >= 4 is 33.4 Å². The van der Waals surface area contributed by atoms with E-state index in [9.17, 15) is 4.79 Å². The molecule has 3 rings (SSSR count). The Morgan fingerprint density at radius 1 is 1.14 bits per heavy atom. The van der Waals surface area contributed by atoms with E-state index < -0.39 is 0 Å². The van der Waals surface area contributed by atoms with E-state index in [1.54, 1.807) is 30.3 Å². The normalized spacial score (nSPS) is 21.9. The lowest BCUT2D eigenvalue weighted by Crippen LogP contribution is -2.74. The average Bonchev–Trinajstić information content (AvgIpc) is 2.64. The van der Waals surface area contributed by atoms with Crippen LogP contribution in [0.1, 0.15) is 43.6 Å². The van der Waals surface area contributed by atoms with Crippen LogP contribution in [-0.4, -0.2) is 18.1 Å². The smallest absolute Gasteiger partial charge is 0.251 e. The summed E-state index contributed by atoms with van der Waals surface area (Å²) in [7, 11) is 0. The SMILES string of the molecule is CC1(C)[C@H](NC(=O)c2ccc(Br)cc2)C(C)(C)[C@H]1Oc1ccc(C#N)c(Cl)c1. The summed E-state index contributed by atoms with van der Waals surface area (Å²) in [4.78, 5) is 12.7. The Bertz CT molecular complexity index is 932. The number of rotatable bonds is 4. The zero-order valence-corrected chi connectivity index (χ0v) is 18.6. The molecule has 0 atom stereocenters. The molecule has 1 N–H and O–H groups in total. The monoisotopic (exact) mass is 460 g/mol. The summed E-state index contributed by atoms with van der Waals surface area (Å²) in [6.45, 7) is 8.34. The minimum absolute atomic E-state index is 0.0602. The molecule has 0 unspecified atom stereocenters. The first-order valence-corrected chi connectivity index (χ1v) is 10.2. The van der Waals surface area contributed by atoms with Gasteiger partial charge in [0.15, 0.2) is 0 Å². The number of benzene rings is 2. The number of nitrogens with one attached hydrogen (secondary N) is 1. The van der Waals surface area contributed by atoms with Crippen molar-refractivity contribution in [2.75, 3.05) is 0 Å². The summed E-state index contributed by atoms with van der Waals surface area (Å²) in [6, 6.07) is 14.4. The zero-order chi connectivity index (χ0) is 20.7. The van der Waals surface area contributed by atoms with Gasteiger partial charge in [0.1, 0.15) is 17.9 Å². The second kappa shape index (κ2) is 7.42. The fourth-order valence-corrected chi connectivity index (χ4v) is 4.89.